The van der Waals surface area contributed by atoms with Crippen LogP contribution in [0, 0.1) is 0 Å². The third-order valence-electron chi connectivity index (χ3n) is 2.88. The van der Waals surface area contributed by atoms with Crippen LogP contribution in [0.15, 0.2) is 12.4 Å². The molecule has 1 aromatic rings. The number of imidazole rings is 1. The molecule has 1 rings (SSSR count). The molecule has 0 aliphatic carbocycles. The summed E-state index contributed by atoms with van der Waals surface area (Å²) in [6.07, 6.45) is 14.7. The lowest BCUT2D eigenvalue weighted by Gasteiger charge is -2.01. The largest absolute Gasteiger partial charge is 0.396 e. The Morgan fingerprint density at radius 2 is 1.56 bits per heavy atom. The number of aliphatic hydroxyl groups excluding tert-OH is 1. The number of hydrogen-bond donors (Lipinski definition) is 2. The first-order valence-corrected chi connectivity index (χ1v) is 6.52. The van der Waals surface area contributed by atoms with Gasteiger partial charge in [0.15, 0.2) is 0 Å². The number of nitrogens with zero attached hydrogens (tertiary/aromatic N) is 1. The van der Waals surface area contributed by atoms with Gasteiger partial charge in [0.25, 0.3) is 0 Å². The predicted octanol–water partition coefficient (Wildman–Crippen LogP) is 3.07. The van der Waals surface area contributed by atoms with Crippen molar-refractivity contribution in [3.8, 4) is 0 Å². The summed E-state index contributed by atoms with van der Waals surface area (Å²) in [4.78, 5) is 7.33. The molecule has 0 saturated carbocycles. The second-order valence-corrected chi connectivity index (χ2v) is 4.34. The Morgan fingerprint density at radius 1 is 0.938 bits per heavy atom. The fourth-order valence-electron chi connectivity index (χ4n) is 1.90. The highest BCUT2D eigenvalue weighted by molar-refractivity contribution is 4.86. The highest BCUT2D eigenvalue weighted by atomic mass is 16.2. The van der Waals surface area contributed by atoms with Crippen molar-refractivity contribution in [2.45, 2.75) is 57.8 Å². The van der Waals surface area contributed by atoms with E-state index in [0.29, 0.717) is 6.61 Å². The van der Waals surface area contributed by atoms with Crippen molar-refractivity contribution in [3.63, 3.8) is 0 Å². The number of aryl methyl sites for hydroxylation is 1. The van der Waals surface area contributed by atoms with Gasteiger partial charge in [-0.05, 0) is 12.8 Å². The number of hydrogen-bond acceptors (Lipinski definition) is 2. The lowest BCUT2D eigenvalue weighted by atomic mass is 10.1. The maximum Gasteiger partial charge on any atom is 0.105 e. The van der Waals surface area contributed by atoms with E-state index in [1.807, 2.05) is 12.4 Å². The summed E-state index contributed by atoms with van der Waals surface area (Å²) in [6, 6.07) is 0. The van der Waals surface area contributed by atoms with Gasteiger partial charge < -0.3 is 10.1 Å². The zero-order chi connectivity index (χ0) is 11.5. The molecule has 0 bridgehead atoms. The van der Waals surface area contributed by atoms with Crippen LogP contribution in [-0.4, -0.2) is 21.7 Å². The minimum absolute atomic E-state index is 0.350. The Balaban J connectivity index is 1.78. The van der Waals surface area contributed by atoms with Gasteiger partial charge in [0.1, 0.15) is 5.82 Å². The predicted molar refractivity (Wildman–Crippen MR) is 66.3 cm³/mol. The van der Waals surface area contributed by atoms with Crippen LogP contribution in [0.25, 0.3) is 0 Å². The molecule has 1 aromatic heterocycles. The zero-order valence-corrected chi connectivity index (χ0v) is 10.1. The van der Waals surface area contributed by atoms with E-state index in [1.54, 1.807) is 0 Å². The van der Waals surface area contributed by atoms with E-state index in [4.69, 9.17) is 5.11 Å². The van der Waals surface area contributed by atoms with Crippen LogP contribution < -0.4 is 0 Å². The average Bonchev–Trinajstić information content (AvgIpc) is 2.80. The molecule has 0 saturated heterocycles. The van der Waals surface area contributed by atoms with Gasteiger partial charge in [-0.3, -0.25) is 0 Å². The molecule has 0 atom stereocenters. The number of H-pyrrole nitrogens is 1. The summed E-state index contributed by atoms with van der Waals surface area (Å²) in [5.41, 5.74) is 0. The fraction of sp³-hybridized carbons (Fsp3) is 0.769. The Hall–Kier alpha value is -0.830. The highest BCUT2D eigenvalue weighted by Gasteiger charge is 1.95. The van der Waals surface area contributed by atoms with Crippen molar-refractivity contribution >= 4 is 0 Å². The van der Waals surface area contributed by atoms with Gasteiger partial charge in [-0.2, -0.15) is 0 Å². The average molecular weight is 224 g/mol. The topological polar surface area (TPSA) is 48.9 Å². The van der Waals surface area contributed by atoms with Crippen LogP contribution in [0.2, 0.25) is 0 Å². The summed E-state index contributed by atoms with van der Waals surface area (Å²) in [6.45, 7) is 0.350. The van der Waals surface area contributed by atoms with Crippen LogP contribution in [0.4, 0.5) is 0 Å². The van der Waals surface area contributed by atoms with Gasteiger partial charge in [0.2, 0.25) is 0 Å². The van der Waals surface area contributed by atoms with Crippen molar-refractivity contribution in [1.82, 2.24) is 9.97 Å². The highest BCUT2D eigenvalue weighted by Crippen LogP contribution is 2.09. The number of unbranched alkanes of at least 4 members (excludes halogenated alkanes) is 7. The molecule has 0 radical (unpaired) electrons. The summed E-state index contributed by atoms with van der Waals surface area (Å²) in [5.74, 6) is 1.11. The van der Waals surface area contributed by atoms with Crippen molar-refractivity contribution < 1.29 is 5.11 Å². The lowest BCUT2D eigenvalue weighted by Crippen LogP contribution is -1.88. The van der Waals surface area contributed by atoms with E-state index in [2.05, 4.69) is 9.97 Å². The van der Waals surface area contributed by atoms with E-state index in [9.17, 15) is 0 Å². The second kappa shape index (κ2) is 9.40. The Kier molecular flexibility index (Phi) is 7.78. The third-order valence-corrected chi connectivity index (χ3v) is 2.88. The van der Waals surface area contributed by atoms with Gasteiger partial charge in [-0.1, -0.05) is 38.5 Å². The molecule has 0 fully saturated rings. The first-order chi connectivity index (χ1) is 7.93. The first kappa shape index (κ1) is 13.2. The number of aromatic amines is 1. The van der Waals surface area contributed by atoms with E-state index in [0.717, 1.165) is 18.7 Å². The molecule has 0 aromatic carbocycles. The molecule has 3 nitrogen and oxygen atoms in total. The van der Waals surface area contributed by atoms with Crippen molar-refractivity contribution in [2.24, 2.45) is 0 Å². The maximum atomic E-state index is 8.62. The molecule has 92 valence electrons. The van der Waals surface area contributed by atoms with Gasteiger partial charge in [0, 0.05) is 25.4 Å². The van der Waals surface area contributed by atoms with E-state index in [1.165, 1.54) is 44.9 Å². The number of aliphatic hydroxyl groups is 1. The number of rotatable bonds is 10. The van der Waals surface area contributed by atoms with Crippen LogP contribution in [0.1, 0.15) is 57.2 Å². The van der Waals surface area contributed by atoms with E-state index in [-0.39, 0.29) is 0 Å². The van der Waals surface area contributed by atoms with Gasteiger partial charge in [-0.15, -0.1) is 0 Å². The Bertz CT molecular complexity index is 234. The molecule has 2 N–H and O–H groups in total. The summed E-state index contributed by atoms with van der Waals surface area (Å²) in [5, 5.41) is 8.62. The Labute approximate surface area is 98.3 Å². The quantitative estimate of drug-likeness (QED) is 0.600. The second-order valence-electron chi connectivity index (χ2n) is 4.34. The van der Waals surface area contributed by atoms with Crippen LogP contribution in [0.5, 0.6) is 0 Å². The Morgan fingerprint density at radius 3 is 2.12 bits per heavy atom. The third kappa shape index (κ3) is 6.62. The minimum atomic E-state index is 0.350. The van der Waals surface area contributed by atoms with E-state index < -0.39 is 0 Å². The normalized spacial score (nSPS) is 10.8. The molecule has 0 amide bonds. The molecule has 0 unspecified atom stereocenters. The van der Waals surface area contributed by atoms with E-state index >= 15 is 0 Å². The molecule has 0 spiro atoms. The molecule has 3 heteroatoms. The zero-order valence-electron chi connectivity index (χ0n) is 10.1. The number of aromatic nitrogens is 2. The fourth-order valence-corrected chi connectivity index (χ4v) is 1.90. The van der Waals surface area contributed by atoms with Crippen LogP contribution >= 0.6 is 0 Å². The molecular formula is C13H24N2O. The SMILES string of the molecule is OCCCCCCCCCCc1ncc[nH]1. The molecule has 16 heavy (non-hydrogen) atoms. The minimum Gasteiger partial charge on any atom is -0.396 e. The van der Waals surface area contributed by atoms with Crippen molar-refractivity contribution in [2.75, 3.05) is 6.61 Å². The van der Waals surface area contributed by atoms with Crippen molar-refractivity contribution in [3.05, 3.63) is 18.2 Å². The summed E-state index contributed by atoms with van der Waals surface area (Å²) < 4.78 is 0. The molecule has 1 heterocycles. The smallest absolute Gasteiger partial charge is 0.105 e. The van der Waals surface area contributed by atoms with Gasteiger partial charge in [-0.25, -0.2) is 4.98 Å². The maximum absolute atomic E-state index is 8.62. The first-order valence-electron chi connectivity index (χ1n) is 6.52. The summed E-state index contributed by atoms with van der Waals surface area (Å²) >= 11 is 0. The van der Waals surface area contributed by atoms with Crippen LogP contribution in [-0.2, 0) is 6.42 Å². The number of nitrogens with one attached hydrogen (secondary N) is 1. The summed E-state index contributed by atoms with van der Waals surface area (Å²) in [7, 11) is 0. The molecule has 0 aliphatic heterocycles. The standard InChI is InChI=1S/C13H24N2O/c16-12-8-6-4-2-1-3-5-7-9-13-14-10-11-15-13/h10-11,16H,1-9,12H2,(H,14,15). The van der Waals surface area contributed by atoms with Gasteiger partial charge in [0.05, 0.1) is 0 Å². The van der Waals surface area contributed by atoms with Crippen molar-refractivity contribution in [1.29, 1.82) is 0 Å². The lowest BCUT2D eigenvalue weighted by molar-refractivity contribution is 0.282. The molecule has 0 aliphatic rings. The van der Waals surface area contributed by atoms with Gasteiger partial charge >= 0.3 is 0 Å². The molecular weight excluding hydrogens is 200 g/mol. The monoisotopic (exact) mass is 224 g/mol. The van der Waals surface area contributed by atoms with Crippen LogP contribution in [0.3, 0.4) is 0 Å².